The van der Waals surface area contributed by atoms with Crippen LogP contribution < -0.4 is 0 Å². The molecule has 5 aromatic carbocycles. The summed E-state index contributed by atoms with van der Waals surface area (Å²) in [6.07, 6.45) is 7.97. The van der Waals surface area contributed by atoms with Crippen LogP contribution in [-0.4, -0.2) is 0 Å². The maximum Gasteiger partial charge on any atom is 0.157 e. The first-order valence-corrected chi connectivity index (χ1v) is 18.4. The lowest BCUT2D eigenvalue weighted by atomic mass is 9.95. The summed E-state index contributed by atoms with van der Waals surface area (Å²) in [7, 11) is 0. The average molecular weight is 683 g/mol. The van der Waals surface area contributed by atoms with E-state index in [1.165, 1.54) is 22.3 Å². The van der Waals surface area contributed by atoms with Crippen LogP contribution in [0, 0.1) is 59.0 Å². The molecule has 0 fully saturated rings. The Bertz CT molecular complexity index is 1900. The van der Waals surface area contributed by atoms with Crippen molar-refractivity contribution in [1.82, 2.24) is 0 Å². The molecule has 0 spiro atoms. The van der Waals surface area contributed by atoms with Crippen molar-refractivity contribution >= 4 is 0 Å². The molecule has 5 rings (SSSR count). The minimum atomic E-state index is -0.739. The van der Waals surface area contributed by atoms with Crippen LogP contribution in [-0.2, 0) is 25.7 Å². The highest BCUT2D eigenvalue weighted by atomic mass is 19.1. The Morgan fingerprint density at radius 1 is 0.308 bits per heavy atom. The first kappa shape index (κ1) is 37.5. The summed E-state index contributed by atoms with van der Waals surface area (Å²) in [4.78, 5) is 0. The molecule has 0 saturated heterocycles. The quantitative estimate of drug-likeness (QED) is 0.143. The molecule has 0 aromatic heterocycles. The number of hydrogen-bond donors (Lipinski definition) is 0. The summed E-state index contributed by atoms with van der Waals surface area (Å²) < 4.78 is 33.9. The molecule has 0 nitrogen and oxygen atoms in total. The standard InChI is InChI=1S/C50H44F2/c1-5-9-37-13-21-41(22-14-37)29-33-45-46(34-30-42-23-15-38(10-6-2)16-24-42)50(52)48(36-32-44-27-19-40(12-8-4)20-28-44)47(49(45)51)35-31-43-25-17-39(11-7-3)18-26-43/h13-28H,5-12H2,1-4H3. The van der Waals surface area contributed by atoms with Crippen LogP contribution >= 0.6 is 0 Å². The summed E-state index contributed by atoms with van der Waals surface area (Å²) in [6, 6.07) is 31.4. The molecule has 52 heavy (non-hydrogen) atoms. The largest absolute Gasteiger partial charge is 0.204 e. The fourth-order valence-electron chi connectivity index (χ4n) is 5.87. The molecule has 0 amide bonds. The van der Waals surface area contributed by atoms with Crippen LogP contribution in [0.25, 0.3) is 0 Å². The number of aryl methyl sites for hydroxylation is 4. The van der Waals surface area contributed by atoms with Crippen LogP contribution in [0.15, 0.2) is 97.1 Å². The van der Waals surface area contributed by atoms with Crippen molar-refractivity contribution in [3.63, 3.8) is 0 Å². The third-order valence-electron chi connectivity index (χ3n) is 8.68. The second kappa shape index (κ2) is 19.0. The van der Waals surface area contributed by atoms with E-state index in [2.05, 4.69) is 75.1 Å². The van der Waals surface area contributed by atoms with Crippen molar-refractivity contribution < 1.29 is 8.78 Å². The number of benzene rings is 5. The lowest BCUT2D eigenvalue weighted by Gasteiger charge is -2.09. The molecule has 0 aliphatic carbocycles. The molecule has 0 bridgehead atoms. The van der Waals surface area contributed by atoms with Crippen molar-refractivity contribution in [2.45, 2.75) is 79.1 Å². The van der Waals surface area contributed by atoms with Gasteiger partial charge in [0.15, 0.2) is 11.6 Å². The van der Waals surface area contributed by atoms with Crippen LogP contribution in [0.5, 0.6) is 0 Å². The highest BCUT2D eigenvalue weighted by molar-refractivity contribution is 5.66. The van der Waals surface area contributed by atoms with Crippen molar-refractivity contribution in [3.05, 3.63) is 175 Å². The maximum absolute atomic E-state index is 16.9. The third-order valence-corrected chi connectivity index (χ3v) is 8.68. The van der Waals surface area contributed by atoms with Gasteiger partial charge in [0.1, 0.15) is 0 Å². The van der Waals surface area contributed by atoms with E-state index in [4.69, 9.17) is 0 Å². The van der Waals surface area contributed by atoms with E-state index in [1.807, 2.05) is 97.1 Å². The van der Waals surface area contributed by atoms with E-state index < -0.39 is 11.6 Å². The van der Waals surface area contributed by atoms with E-state index in [1.54, 1.807) is 0 Å². The monoisotopic (exact) mass is 682 g/mol. The van der Waals surface area contributed by atoms with Gasteiger partial charge in [-0.2, -0.15) is 0 Å². The fraction of sp³-hybridized carbons (Fsp3) is 0.240. The van der Waals surface area contributed by atoms with E-state index in [9.17, 15) is 0 Å². The lowest BCUT2D eigenvalue weighted by molar-refractivity contribution is 0.588. The maximum atomic E-state index is 16.9. The number of hydrogen-bond acceptors (Lipinski definition) is 0. The smallest absolute Gasteiger partial charge is 0.157 e. The third kappa shape index (κ3) is 10.1. The molecule has 0 aliphatic rings. The molecule has 258 valence electrons. The molecule has 2 heteroatoms. The van der Waals surface area contributed by atoms with E-state index in [-0.39, 0.29) is 22.3 Å². The Hall–Kier alpha value is -5.80. The van der Waals surface area contributed by atoms with Crippen LogP contribution in [0.1, 0.15) is 120 Å². The van der Waals surface area contributed by atoms with Gasteiger partial charge in [-0.1, -0.05) is 149 Å². The minimum absolute atomic E-state index is 0.137. The summed E-state index contributed by atoms with van der Waals surface area (Å²) in [5, 5.41) is 0. The zero-order valence-corrected chi connectivity index (χ0v) is 30.7. The van der Waals surface area contributed by atoms with E-state index in [0.717, 1.165) is 51.4 Å². The molecule has 0 heterocycles. The summed E-state index contributed by atoms with van der Waals surface area (Å²) in [6.45, 7) is 8.53. The van der Waals surface area contributed by atoms with Gasteiger partial charge in [0.05, 0.1) is 22.3 Å². The average Bonchev–Trinajstić information content (AvgIpc) is 3.16. The lowest BCUT2D eigenvalue weighted by Crippen LogP contribution is -2.05. The first-order chi connectivity index (χ1) is 25.4. The zero-order chi connectivity index (χ0) is 36.7. The van der Waals surface area contributed by atoms with Gasteiger partial charge in [0.25, 0.3) is 0 Å². The van der Waals surface area contributed by atoms with Gasteiger partial charge < -0.3 is 0 Å². The van der Waals surface area contributed by atoms with Gasteiger partial charge in [-0.15, -0.1) is 0 Å². The van der Waals surface area contributed by atoms with Crippen LogP contribution in [0.4, 0.5) is 8.78 Å². The van der Waals surface area contributed by atoms with Crippen LogP contribution in [0.3, 0.4) is 0 Å². The predicted octanol–water partition coefficient (Wildman–Crippen LogP) is 11.4. The van der Waals surface area contributed by atoms with Gasteiger partial charge >= 0.3 is 0 Å². The van der Waals surface area contributed by atoms with Crippen molar-refractivity contribution in [3.8, 4) is 47.4 Å². The Morgan fingerprint density at radius 2 is 0.500 bits per heavy atom. The van der Waals surface area contributed by atoms with Gasteiger partial charge in [-0.3, -0.25) is 0 Å². The Kier molecular flexibility index (Phi) is 13.7. The Morgan fingerprint density at radius 3 is 0.673 bits per heavy atom. The van der Waals surface area contributed by atoms with Gasteiger partial charge in [-0.25, -0.2) is 8.78 Å². The molecule has 0 N–H and O–H groups in total. The van der Waals surface area contributed by atoms with Gasteiger partial charge in [0, 0.05) is 22.3 Å². The highest BCUT2D eigenvalue weighted by Crippen LogP contribution is 2.26. The summed E-state index contributed by atoms with van der Waals surface area (Å²) in [5.74, 6) is 22.6. The minimum Gasteiger partial charge on any atom is -0.204 e. The fourth-order valence-corrected chi connectivity index (χ4v) is 5.87. The molecule has 5 aromatic rings. The zero-order valence-electron chi connectivity index (χ0n) is 30.7. The van der Waals surface area contributed by atoms with Gasteiger partial charge in [-0.05, 0) is 96.5 Å². The van der Waals surface area contributed by atoms with E-state index >= 15 is 8.78 Å². The van der Waals surface area contributed by atoms with Crippen molar-refractivity contribution in [2.24, 2.45) is 0 Å². The molecule has 0 saturated carbocycles. The summed E-state index contributed by atoms with van der Waals surface area (Å²) in [5.41, 5.74) is 7.03. The second-order valence-corrected chi connectivity index (χ2v) is 12.9. The predicted molar refractivity (Wildman–Crippen MR) is 212 cm³/mol. The molecule has 0 atom stereocenters. The molecular weight excluding hydrogens is 639 g/mol. The highest BCUT2D eigenvalue weighted by Gasteiger charge is 2.22. The van der Waals surface area contributed by atoms with Crippen molar-refractivity contribution in [2.75, 3.05) is 0 Å². The first-order valence-electron chi connectivity index (χ1n) is 18.4. The second-order valence-electron chi connectivity index (χ2n) is 12.9. The Labute approximate surface area is 309 Å². The topological polar surface area (TPSA) is 0 Å². The van der Waals surface area contributed by atoms with E-state index in [0.29, 0.717) is 22.3 Å². The SMILES string of the molecule is CCCc1ccc(C#Cc2c(F)c(C#Cc3ccc(CCC)cc3)c(C#Cc3ccc(CCC)cc3)c(F)c2C#Cc2ccc(CCC)cc2)cc1. The van der Waals surface area contributed by atoms with Crippen molar-refractivity contribution in [1.29, 1.82) is 0 Å². The number of halogens is 2. The van der Waals surface area contributed by atoms with Crippen LogP contribution in [0.2, 0.25) is 0 Å². The molecule has 0 radical (unpaired) electrons. The van der Waals surface area contributed by atoms with Gasteiger partial charge in [0.2, 0.25) is 0 Å². The molecular formula is C50H44F2. The molecule has 0 aliphatic heterocycles. The summed E-state index contributed by atoms with van der Waals surface area (Å²) >= 11 is 0. The Balaban J connectivity index is 1.70. The number of rotatable bonds is 8. The normalized spacial score (nSPS) is 10.1. The molecule has 0 unspecified atom stereocenters.